The first-order chi connectivity index (χ1) is 9.06. The number of carboxylic acids is 1. The summed E-state index contributed by atoms with van der Waals surface area (Å²) in [7, 11) is 6.81. The van der Waals surface area contributed by atoms with Gasteiger partial charge in [0, 0.05) is 0 Å². The topological polar surface area (TPSA) is 83.5 Å². The predicted molar refractivity (Wildman–Crippen MR) is 66.2 cm³/mol. The minimum absolute atomic E-state index is 0.00417. The predicted octanol–water partition coefficient (Wildman–Crippen LogP) is 1.43. The zero-order chi connectivity index (χ0) is 14.6. The minimum Gasteiger partial charge on any atom is -0.492 e. The molecule has 0 spiro atoms. The molecular weight excluding hydrogens is 256 g/mol. The summed E-state index contributed by atoms with van der Waals surface area (Å²) in [5.74, 6) is -0.772. The summed E-state index contributed by atoms with van der Waals surface area (Å²) >= 11 is 0. The Balaban J connectivity index is 3.85. The quantitative estimate of drug-likeness (QED) is 0.838. The van der Waals surface area contributed by atoms with Gasteiger partial charge in [0.15, 0.2) is 17.1 Å². The molecule has 0 heterocycles. The summed E-state index contributed by atoms with van der Waals surface area (Å²) in [4.78, 5) is 11.4. The van der Waals surface area contributed by atoms with Gasteiger partial charge in [0.05, 0.1) is 35.5 Å². The van der Waals surface area contributed by atoms with Crippen LogP contribution in [-0.4, -0.2) is 46.6 Å². The van der Waals surface area contributed by atoms with E-state index < -0.39 is 5.97 Å². The van der Waals surface area contributed by atoms with Crippen LogP contribution in [0.15, 0.2) is 0 Å². The van der Waals surface area contributed by atoms with Gasteiger partial charge in [0.25, 0.3) is 0 Å². The second kappa shape index (κ2) is 6.03. The van der Waals surface area contributed by atoms with Gasteiger partial charge in [-0.05, 0) is 0 Å². The monoisotopic (exact) mass is 272 g/mol. The molecule has 0 bridgehead atoms. The average molecular weight is 272 g/mol. The molecule has 0 aliphatic heterocycles. The molecule has 106 valence electrons. The molecule has 1 aromatic rings. The number of hydrogen-bond acceptors (Lipinski definition) is 6. The Morgan fingerprint density at radius 2 is 0.947 bits per heavy atom. The standard InChI is InChI=1S/C12H16O7/c1-15-7-6(12(13)14)8(16-2)10(18-4)11(19-5)9(7)17-3/h1-5H3,(H,13,14). The summed E-state index contributed by atoms with van der Waals surface area (Å²) in [6.07, 6.45) is 0. The Bertz CT molecular complexity index is 448. The van der Waals surface area contributed by atoms with Crippen molar-refractivity contribution >= 4 is 5.97 Å². The molecular formula is C12H16O7. The van der Waals surface area contributed by atoms with Crippen LogP contribution in [0.1, 0.15) is 10.4 Å². The number of hydrogen-bond donors (Lipinski definition) is 1. The van der Waals surface area contributed by atoms with Gasteiger partial charge in [-0.3, -0.25) is 0 Å². The molecule has 0 atom stereocenters. The van der Waals surface area contributed by atoms with Crippen molar-refractivity contribution in [3.8, 4) is 28.7 Å². The third-order valence-electron chi connectivity index (χ3n) is 2.51. The van der Waals surface area contributed by atoms with Gasteiger partial charge in [-0.2, -0.15) is 0 Å². The van der Waals surface area contributed by atoms with Gasteiger partial charge in [-0.15, -0.1) is 0 Å². The van der Waals surface area contributed by atoms with E-state index in [1.165, 1.54) is 35.5 Å². The smallest absolute Gasteiger partial charge is 0.343 e. The molecule has 19 heavy (non-hydrogen) atoms. The maximum Gasteiger partial charge on any atom is 0.343 e. The van der Waals surface area contributed by atoms with Crippen molar-refractivity contribution < 1.29 is 33.6 Å². The highest BCUT2D eigenvalue weighted by molar-refractivity contribution is 5.98. The highest BCUT2D eigenvalue weighted by atomic mass is 16.6. The van der Waals surface area contributed by atoms with Gasteiger partial charge in [-0.25, -0.2) is 4.79 Å². The molecule has 7 nitrogen and oxygen atoms in total. The lowest BCUT2D eigenvalue weighted by Crippen LogP contribution is -2.08. The zero-order valence-electron chi connectivity index (χ0n) is 11.4. The molecule has 1 N–H and O–H groups in total. The van der Waals surface area contributed by atoms with Crippen molar-refractivity contribution in [3.05, 3.63) is 5.56 Å². The van der Waals surface area contributed by atoms with E-state index in [9.17, 15) is 9.90 Å². The lowest BCUT2D eigenvalue weighted by Gasteiger charge is -2.20. The highest BCUT2D eigenvalue weighted by Gasteiger charge is 2.31. The summed E-state index contributed by atoms with van der Waals surface area (Å²) < 4.78 is 25.6. The van der Waals surface area contributed by atoms with E-state index in [4.69, 9.17) is 23.7 Å². The first kappa shape index (κ1) is 14.7. The average Bonchev–Trinajstić information content (AvgIpc) is 2.43. The van der Waals surface area contributed by atoms with Crippen LogP contribution in [-0.2, 0) is 0 Å². The lowest BCUT2D eigenvalue weighted by molar-refractivity contribution is 0.0687. The molecule has 0 amide bonds. The van der Waals surface area contributed by atoms with Crippen molar-refractivity contribution in [1.82, 2.24) is 0 Å². The van der Waals surface area contributed by atoms with Crippen LogP contribution in [0.3, 0.4) is 0 Å². The van der Waals surface area contributed by atoms with Crippen molar-refractivity contribution in [1.29, 1.82) is 0 Å². The van der Waals surface area contributed by atoms with E-state index in [-0.39, 0.29) is 34.3 Å². The van der Waals surface area contributed by atoms with Crippen LogP contribution in [0, 0.1) is 0 Å². The van der Waals surface area contributed by atoms with E-state index in [1.54, 1.807) is 0 Å². The van der Waals surface area contributed by atoms with Crippen LogP contribution < -0.4 is 23.7 Å². The maximum absolute atomic E-state index is 11.4. The molecule has 0 aromatic heterocycles. The SMILES string of the molecule is COc1c(OC)c(OC)c(C(=O)O)c(OC)c1OC. The van der Waals surface area contributed by atoms with Crippen LogP contribution in [0.5, 0.6) is 28.7 Å². The van der Waals surface area contributed by atoms with Crippen molar-refractivity contribution in [2.24, 2.45) is 0 Å². The number of rotatable bonds is 6. The van der Waals surface area contributed by atoms with Gasteiger partial charge in [-0.1, -0.05) is 0 Å². The van der Waals surface area contributed by atoms with Crippen molar-refractivity contribution in [2.75, 3.05) is 35.5 Å². The third-order valence-corrected chi connectivity index (χ3v) is 2.51. The Morgan fingerprint density at radius 3 is 1.16 bits per heavy atom. The lowest BCUT2D eigenvalue weighted by atomic mass is 10.1. The number of carbonyl (C=O) groups is 1. The van der Waals surface area contributed by atoms with E-state index in [2.05, 4.69) is 0 Å². The molecule has 1 aromatic carbocycles. The van der Waals surface area contributed by atoms with Crippen molar-refractivity contribution in [2.45, 2.75) is 0 Å². The minimum atomic E-state index is -1.23. The molecule has 0 radical (unpaired) electrons. The van der Waals surface area contributed by atoms with E-state index in [0.29, 0.717) is 0 Å². The molecule has 0 aliphatic carbocycles. The second-order valence-electron chi connectivity index (χ2n) is 3.35. The summed E-state index contributed by atoms with van der Waals surface area (Å²) in [6, 6.07) is 0. The Kier molecular flexibility index (Phi) is 4.68. The fourth-order valence-electron chi connectivity index (χ4n) is 1.78. The van der Waals surface area contributed by atoms with Gasteiger partial charge < -0.3 is 28.8 Å². The molecule has 0 unspecified atom stereocenters. The maximum atomic E-state index is 11.4. The number of methoxy groups -OCH3 is 5. The van der Waals surface area contributed by atoms with Gasteiger partial charge in [0.1, 0.15) is 0 Å². The van der Waals surface area contributed by atoms with Crippen molar-refractivity contribution in [3.63, 3.8) is 0 Å². The van der Waals surface area contributed by atoms with Crippen LogP contribution >= 0.6 is 0 Å². The first-order valence-electron chi connectivity index (χ1n) is 5.24. The third kappa shape index (κ3) is 2.31. The number of ether oxygens (including phenoxy) is 5. The van der Waals surface area contributed by atoms with E-state index in [1.807, 2.05) is 0 Å². The molecule has 0 saturated heterocycles. The fourth-order valence-corrected chi connectivity index (χ4v) is 1.78. The summed E-state index contributed by atoms with van der Waals surface area (Å²) in [5.41, 5.74) is -0.195. The fraction of sp³-hybridized carbons (Fsp3) is 0.417. The number of carboxylic acid groups (broad SMARTS) is 1. The van der Waals surface area contributed by atoms with Crippen LogP contribution in [0.4, 0.5) is 0 Å². The number of benzene rings is 1. The summed E-state index contributed by atoms with van der Waals surface area (Å²) in [5, 5.41) is 9.30. The Labute approximate surface area is 110 Å². The first-order valence-corrected chi connectivity index (χ1v) is 5.24. The van der Waals surface area contributed by atoms with E-state index in [0.717, 1.165) is 0 Å². The largest absolute Gasteiger partial charge is 0.492 e. The van der Waals surface area contributed by atoms with Crippen LogP contribution in [0.2, 0.25) is 0 Å². The van der Waals surface area contributed by atoms with Gasteiger partial charge in [0.2, 0.25) is 17.2 Å². The Hall–Kier alpha value is -2.31. The number of aromatic carboxylic acids is 1. The summed E-state index contributed by atoms with van der Waals surface area (Å²) in [6.45, 7) is 0. The Morgan fingerprint density at radius 1 is 0.684 bits per heavy atom. The zero-order valence-corrected chi connectivity index (χ0v) is 11.4. The second-order valence-corrected chi connectivity index (χ2v) is 3.35. The molecule has 0 aliphatic rings. The molecule has 7 heteroatoms. The molecule has 1 rings (SSSR count). The van der Waals surface area contributed by atoms with E-state index >= 15 is 0 Å². The highest BCUT2D eigenvalue weighted by Crippen LogP contribution is 2.53. The normalized spacial score (nSPS) is 9.74. The van der Waals surface area contributed by atoms with Gasteiger partial charge >= 0.3 is 5.97 Å². The molecule has 0 saturated carbocycles. The molecule has 0 fully saturated rings. The van der Waals surface area contributed by atoms with Crippen LogP contribution in [0.25, 0.3) is 0 Å².